The number of ether oxygens (including phenoxy) is 6. The molecular weight excluding hydrogens is 897 g/mol. The zero-order chi connectivity index (χ0) is 50.0. The summed E-state index contributed by atoms with van der Waals surface area (Å²) in [6.45, 7) is 12.1. The predicted octanol–water partition coefficient (Wildman–Crippen LogP) is -2.06. The highest BCUT2D eigenvalue weighted by Gasteiger charge is 2.73. The molecule has 20 heteroatoms. The lowest BCUT2D eigenvalue weighted by atomic mass is 9.32. The van der Waals surface area contributed by atoms with Gasteiger partial charge >= 0.3 is 5.97 Å². The van der Waals surface area contributed by atoms with E-state index in [1.54, 1.807) is 6.92 Å². The molecule has 0 spiro atoms. The Morgan fingerprint density at radius 3 is 2.00 bits per heavy atom. The van der Waals surface area contributed by atoms with E-state index in [0.29, 0.717) is 38.5 Å². The number of rotatable bonds is 9. The van der Waals surface area contributed by atoms with Crippen molar-refractivity contribution in [2.45, 2.75) is 204 Å². The first-order valence-electron chi connectivity index (χ1n) is 24.6. The lowest BCUT2D eigenvalue weighted by molar-refractivity contribution is -0.361. The van der Waals surface area contributed by atoms with Gasteiger partial charge in [0.1, 0.15) is 67.1 Å². The summed E-state index contributed by atoms with van der Waals surface area (Å²) in [5, 5.41) is 142. The van der Waals surface area contributed by atoms with Gasteiger partial charge in [0.05, 0.1) is 49.7 Å². The molecule has 7 fully saturated rings. The molecule has 3 heterocycles. The van der Waals surface area contributed by atoms with Crippen LogP contribution in [0.2, 0.25) is 0 Å². The summed E-state index contributed by atoms with van der Waals surface area (Å²) < 4.78 is 34.6. The van der Waals surface area contributed by atoms with Crippen molar-refractivity contribution >= 4 is 5.97 Å². The number of aliphatic hydroxyl groups excluding tert-OH is 13. The summed E-state index contributed by atoms with van der Waals surface area (Å²) in [6, 6.07) is 0. The molecule has 13 N–H and O–H groups in total. The van der Waals surface area contributed by atoms with E-state index < -0.39 is 169 Å². The molecule has 5 aliphatic carbocycles. The Hall–Kier alpha value is -1.51. The van der Waals surface area contributed by atoms with Crippen LogP contribution in [0.3, 0.4) is 0 Å². The molecule has 0 bridgehead atoms. The highest BCUT2D eigenvalue weighted by Crippen LogP contribution is 2.76. The Morgan fingerprint density at radius 1 is 0.706 bits per heavy atom. The molecule has 0 aromatic rings. The Bertz CT molecular complexity index is 1860. The molecule has 0 radical (unpaired) electrons. The summed E-state index contributed by atoms with van der Waals surface area (Å²) in [7, 11) is 0. The SMILES string of the molecule is C[C@@H]1[C@H](C)CC[C@@]2(C(=O)O[C@H]3O[C@@H](CO[C@@H]4O[C@H](CO)[C@@H](O[C@@H]5O[C@H](C)[C@@H](O)[C@@H](O)[C@@H]5O)[C@H](O)[C@@H]4O)[C@H](O)[C@@H](O)[C@@H]3O)CC[C@@]3(C)C(=CC[C@@H]4[C@]5(C)C[C@H](O)[C@H](O)[C@@](C)(CO)[C@@H]5[C@H](O)C[C@@]43C)[C@H]12. The fourth-order valence-corrected chi connectivity index (χ4v) is 15.4. The summed E-state index contributed by atoms with van der Waals surface area (Å²) >= 11 is 0. The van der Waals surface area contributed by atoms with Gasteiger partial charge < -0.3 is 94.8 Å². The molecule has 28 atom stereocenters. The maximum absolute atomic E-state index is 15.0. The monoisotopic (exact) mass is 975 g/mol. The van der Waals surface area contributed by atoms with E-state index in [1.807, 2.05) is 0 Å². The van der Waals surface area contributed by atoms with Crippen molar-refractivity contribution in [1.29, 1.82) is 0 Å². The van der Waals surface area contributed by atoms with E-state index in [-0.39, 0.29) is 30.1 Å². The van der Waals surface area contributed by atoms with Gasteiger partial charge in [0.2, 0.25) is 6.29 Å². The molecule has 0 aromatic heterocycles. The number of fused-ring (bicyclic) bond motifs is 7. The van der Waals surface area contributed by atoms with Crippen LogP contribution in [0, 0.1) is 56.7 Å². The number of allylic oxidation sites excluding steroid dienone is 2. The molecule has 3 saturated heterocycles. The standard InChI is InChI=1S/C48H78O20/c1-19-10-11-48(13-12-46(6)22(28(48)20(19)2)8-9-27-44(4)14-24(52)39(61)45(5,18-50)38(44)23(51)15-47(27,46)7)43(62)68-42-35(59)32(56)30(54)26(66-42)17-63-40-36(60)33(57)37(25(16-49)65-40)67-41-34(58)31(55)29(53)21(3)64-41/h8,19-21,23-42,49-61H,9-18H2,1-7H3/t19-,20-,21-,23-,24+,25-,26+,27-,28+,29-,30+,31-,32-,33-,34+,35+,36+,37-,38-,39+,40-,41+,42-,44+,45+,46+,47+,48-/m1/s1. The van der Waals surface area contributed by atoms with E-state index in [0.717, 1.165) is 5.57 Å². The van der Waals surface area contributed by atoms with Crippen LogP contribution in [-0.2, 0) is 33.2 Å². The summed E-state index contributed by atoms with van der Waals surface area (Å²) in [5.41, 5.74) is -2.84. The first-order valence-corrected chi connectivity index (χ1v) is 24.6. The zero-order valence-electron chi connectivity index (χ0n) is 40.1. The van der Waals surface area contributed by atoms with Crippen LogP contribution in [0.25, 0.3) is 0 Å². The van der Waals surface area contributed by atoms with Crippen molar-refractivity contribution in [3.8, 4) is 0 Å². The maximum atomic E-state index is 15.0. The minimum atomic E-state index is -1.89. The quantitative estimate of drug-likeness (QED) is 0.0873. The first-order chi connectivity index (χ1) is 31.8. The van der Waals surface area contributed by atoms with Gasteiger partial charge in [-0.15, -0.1) is 0 Å². The second kappa shape index (κ2) is 18.8. The van der Waals surface area contributed by atoms with E-state index >= 15 is 4.79 Å². The molecule has 0 aromatic carbocycles. The van der Waals surface area contributed by atoms with E-state index in [9.17, 15) is 66.4 Å². The first kappa shape index (κ1) is 52.8. The highest BCUT2D eigenvalue weighted by atomic mass is 16.8. The number of hydrogen-bond acceptors (Lipinski definition) is 20. The zero-order valence-corrected chi connectivity index (χ0v) is 40.1. The van der Waals surface area contributed by atoms with Gasteiger partial charge in [0.25, 0.3) is 0 Å². The molecule has 8 aliphatic rings. The van der Waals surface area contributed by atoms with E-state index in [2.05, 4.69) is 40.7 Å². The van der Waals surface area contributed by atoms with Gasteiger partial charge in [0.15, 0.2) is 12.6 Å². The lowest BCUT2D eigenvalue weighted by Crippen LogP contribution is -2.71. The van der Waals surface area contributed by atoms with Gasteiger partial charge in [-0.05, 0) is 91.8 Å². The van der Waals surface area contributed by atoms with Gasteiger partial charge in [-0.3, -0.25) is 4.79 Å². The number of esters is 1. The van der Waals surface area contributed by atoms with Crippen molar-refractivity contribution in [2.24, 2.45) is 56.7 Å². The second-order valence-electron chi connectivity index (χ2n) is 23.1. The minimum Gasteiger partial charge on any atom is -0.432 e. The van der Waals surface area contributed by atoms with Crippen LogP contribution in [0.4, 0.5) is 0 Å². The average molecular weight is 975 g/mol. The third kappa shape index (κ3) is 7.89. The molecule has 0 unspecified atom stereocenters. The predicted molar refractivity (Wildman–Crippen MR) is 233 cm³/mol. The molecular formula is C48H78O20. The maximum Gasteiger partial charge on any atom is 0.315 e. The Labute approximate surface area is 396 Å². The summed E-state index contributed by atoms with van der Waals surface area (Å²) in [5.74, 6) is -1.31. The molecule has 390 valence electrons. The molecule has 3 aliphatic heterocycles. The van der Waals surface area contributed by atoms with Crippen LogP contribution < -0.4 is 0 Å². The van der Waals surface area contributed by atoms with Crippen molar-refractivity contribution in [1.82, 2.24) is 0 Å². The fourth-order valence-electron chi connectivity index (χ4n) is 15.4. The number of carbonyl (C=O) groups is 1. The average Bonchev–Trinajstić information content (AvgIpc) is 3.29. The smallest absolute Gasteiger partial charge is 0.315 e. The summed E-state index contributed by atoms with van der Waals surface area (Å²) in [6.07, 6.45) is -22.3. The third-order valence-corrected chi connectivity index (χ3v) is 19.6. The van der Waals surface area contributed by atoms with Gasteiger partial charge in [0, 0.05) is 11.3 Å². The lowest BCUT2D eigenvalue weighted by Gasteiger charge is -2.72. The minimum absolute atomic E-state index is 0.0115. The Morgan fingerprint density at radius 2 is 1.34 bits per heavy atom. The molecule has 68 heavy (non-hydrogen) atoms. The van der Waals surface area contributed by atoms with E-state index in [1.165, 1.54) is 6.92 Å². The topological polar surface area (TPSA) is 335 Å². The number of carbonyl (C=O) groups excluding carboxylic acids is 1. The second-order valence-corrected chi connectivity index (χ2v) is 23.1. The Balaban J connectivity index is 0.994. The highest BCUT2D eigenvalue weighted by molar-refractivity contribution is 5.79. The van der Waals surface area contributed by atoms with Crippen LogP contribution in [0.1, 0.15) is 93.4 Å². The van der Waals surface area contributed by atoms with Crippen LogP contribution in [0.15, 0.2) is 11.6 Å². The van der Waals surface area contributed by atoms with Crippen molar-refractivity contribution in [3.05, 3.63) is 11.6 Å². The molecule has 20 nitrogen and oxygen atoms in total. The molecule has 0 amide bonds. The van der Waals surface area contributed by atoms with Crippen LogP contribution in [0.5, 0.6) is 0 Å². The largest absolute Gasteiger partial charge is 0.432 e. The molecule has 8 rings (SSSR count). The van der Waals surface area contributed by atoms with Crippen LogP contribution >= 0.6 is 0 Å². The van der Waals surface area contributed by atoms with Gasteiger partial charge in [-0.25, -0.2) is 0 Å². The Kier molecular flexibility index (Phi) is 14.6. The summed E-state index contributed by atoms with van der Waals surface area (Å²) in [4.78, 5) is 15.0. The number of aliphatic hydroxyl groups is 13. The van der Waals surface area contributed by atoms with Crippen LogP contribution in [-0.4, -0.2) is 203 Å². The van der Waals surface area contributed by atoms with E-state index in [4.69, 9.17) is 28.4 Å². The van der Waals surface area contributed by atoms with Gasteiger partial charge in [-0.1, -0.05) is 53.2 Å². The number of hydrogen-bond donors (Lipinski definition) is 13. The van der Waals surface area contributed by atoms with Crippen molar-refractivity contribution in [2.75, 3.05) is 19.8 Å². The van der Waals surface area contributed by atoms with Gasteiger partial charge in [-0.2, -0.15) is 0 Å². The van der Waals surface area contributed by atoms with Crippen molar-refractivity contribution in [3.63, 3.8) is 0 Å². The normalized spacial score (nSPS) is 57.1. The third-order valence-electron chi connectivity index (χ3n) is 19.6. The van der Waals surface area contributed by atoms with Crippen molar-refractivity contribution < 1.29 is 99.6 Å². The fraction of sp³-hybridized carbons (Fsp3) is 0.938. The molecule has 4 saturated carbocycles.